The van der Waals surface area contributed by atoms with E-state index in [4.69, 9.17) is 4.98 Å². The van der Waals surface area contributed by atoms with Crippen LogP contribution in [0.15, 0.2) is 83.9 Å². The Kier molecular flexibility index (Phi) is 6.92. The molecule has 0 fully saturated rings. The Hall–Kier alpha value is -4.51. The summed E-state index contributed by atoms with van der Waals surface area (Å²) in [5.74, 6) is -0.163. The van der Waals surface area contributed by atoms with E-state index in [-0.39, 0.29) is 10.5 Å². The summed E-state index contributed by atoms with van der Waals surface area (Å²) in [5, 5.41) is 2.67. The van der Waals surface area contributed by atoms with Crippen LogP contribution in [-0.4, -0.2) is 35.5 Å². The van der Waals surface area contributed by atoms with Crippen molar-refractivity contribution in [1.29, 1.82) is 0 Å². The zero-order valence-corrected chi connectivity index (χ0v) is 22.2. The van der Waals surface area contributed by atoms with Crippen molar-refractivity contribution in [2.75, 3.05) is 11.6 Å². The van der Waals surface area contributed by atoms with E-state index in [9.17, 15) is 26.4 Å². The van der Waals surface area contributed by atoms with E-state index in [0.29, 0.717) is 40.2 Å². The minimum atomic E-state index is -4.55. The normalized spacial score (nSPS) is 12.0. The van der Waals surface area contributed by atoms with Crippen molar-refractivity contribution in [3.63, 3.8) is 0 Å². The molecule has 0 spiro atoms. The summed E-state index contributed by atoms with van der Waals surface area (Å²) in [5.41, 5.74) is 3.84. The Morgan fingerprint density at radius 3 is 2.42 bits per heavy atom. The number of anilines is 1. The van der Waals surface area contributed by atoms with Gasteiger partial charge in [0.05, 0.1) is 27.2 Å². The Morgan fingerprint density at radius 1 is 0.975 bits per heavy atom. The molecule has 0 unspecified atom stereocenters. The molecule has 0 aliphatic heterocycles. The van der Waals surface area contributed by atoms with Gasteiger partial charge in [0.25, 0.3) is 5.91 Å². The number of H-pyrrole nitrogens is 1. The maximum atomic E-state index is 13.1. The zero-order chi connectivity index (χ0) is 28.7. The fourth-order valence-electron chi connectivity index (χ4n) is 4.29. The highest BCUT2D eigenvalue weighted by molar-refractivity contribution is 7.90. The molecule has 3 aromatic carbocycles. The average Bonchev–Trinajstić information content (AvgIpc) is 3.38. The fourth-order valence-corrected chi connectivity index (χ4v) is 4.92. The van der Waals surface area contributed by atoms with Crippen LogP contribution in [0.4, 0.5) is 18.9 Å². The van der Waals surface area contributed by atoms with Gasteiger partial charge in [0.15, 0.2) is 9.84 Å². The predicted molar refractivity (Wildman–Crippen MR) is 146 cm³/mol. The molecular formula is C29H23F3N4O3S. The van der Waals surface area contributed by atoms with Crippen molar-refractivity contribution in [1.82, 2.24) is 15.0 Å². The molecule has 1 amide bonds. The number of carbonyl (C=O) groups excluding carboxylic acids is 1. The molecule has 0 bridgehead atoms. The summed E-state index contributed by atoms with van der Waals surface area (Å²) < 4.78 is 62.9. The van der Waals surface area contributed by atoms with Crippen molar-refractivity contribution < 1.29 is 26.4 Å². The number of benzene rings is 3. The summed E-state index contributed by atoms with van der Waals surface area (Å²) in [4.78, 5) is 25.5. The molecule has 204 valence electrons. The van der Waals surface area contributed by atoms with Crippen LogP contribution in [0.25, 0.3) is 22.3 Å². The molecule has 0 saturated carbocycles. The van der Waals surface area contributed by atoms with Crippen LogP contribution in [0.5, 0.6) is 0 Å². The minimum Gasteiger partial charge on any atom is -0.358 e. The quantitative estimate of drug-likeness (QED) is 0.256. The van der Waals surface area contributed by atoms with Crippen LogP contribution in [0.3, 0.4) is 0 Å². The van der Waals surface area contributed by atoms with Crippen molar-refractivity contribution in [3.05, 3.63) is 107 Å². The van der Waals surface area contributed by atoms with E-state index in [1.54, 1.807) is 36.5 Å². The molecule has 2 heterocycles. The molecule has 40 heavy (non-hydrogen) atoms. The van der Waals surface area contributed by atoms with Crippen LogP contribution in [-0.2, 0) is 22.4 Å². The first-order chi connectivity index (χ1) is 18.9. The molecular weight excluding hydrogens is 541 g/mol. The predicted octanol–water partition coefficient (Wildman–Crippen LogP) is 6.20. The minimum absolute atomic E-state index is 0.107. The Labute approximate surface area is 228 Å². The van der Waals surface area contributed by atoms with Crippen molar-refractivity contribution in [2.24, 2.45) is 0 Å². The van der Waals surface area contributed by atoms with Crippen LogP contribution in [0.1, 0.15) is 32.9 Å². The number of hydrogen-bond acceptors (Lipinski definition) is 5. The lowest BCUT2D eigenvalue weighted by Gasteiger charge is -2.12. The summed E-state index contributed by atoms with van der Waals surface area (Å²) in [6, 6.07) is 17.7. The summed E-state index contributed by atoms with van der Waals surface area (Å²) in [7, 11) is -3.35. The van der Waals surface area contributed by atoms with Gasteiger partial charge in [-0.2, -0.15) is 13.2 Å². The van der Waals surface area contributed by atoms with Gasteiger partial charge in [-0.15, -0.1) is 0 Å². The number of aromatic nitrogens is 3. The Balaban J connectivity index is 1.43. The number of halogens is 3. The SMILES string of the molecule is Cc1ccc(NC(=O)c2cccc(C(F)(F)F)c2)cc1Cc1nc(-c2ccc(S(C)(=O)=O)cc2)c2[nH]ccc2n1. The van der Waals surface area contributed by atoms with Gasteiger partial charge in [0, 0.05) is 35.7 Å². The third-order valence-corrected chi connectivity index (χ3v) is 7.54. The molecule has 0 radical (unpaired) electrons. The van der Waals surface area contributed by atoms with Gasteiger partial charge < -0.3 is 10.3 Å². The lowest BCUT2D eigenvalue weighted by Crippen LogP contribution is -2.14. The number of alkyl halides is 3. The molecule has 5 aromatic rings. The standard InChI is InChI=1S/C29H23F3N4O3S/c1-17-6-9-22(34-28(37)19-4-3-5-21(14-19)29(30,31)32)15-20(17)16-25-35-24-12-13-33-27(24)26(36-25)18-7-10-23(11-8-18)40(2,38)39/h3-15,33H,16H2,1-2H3,(H,34,37). The van der Waals surface area contributed by atoms with E-state index in [0.717, 1.165) is 29.5 Å². The molecule has 0 aliphatic carbocycles. The van der Waals surface area contributed by atoms with Crippen LogP contribution < -0.4 is 5.32 Å². The first-order valence-electron chi connectivity index (χ1n) is 12.1. The largest absolute Gasteiger partial charge is 0.416 e. The highest BCUT2D eigenvalue weighted by Crippen LogP contribution is 2.30. The van der Waals surface area contributed by atoms with Crippen LogP contribution in [0.2, 0.25) is 0 Å². The van der Waals surface area contributed by atoms with E-state index in [1.807, 2.05) is 13.0 Å². The number of hydrogen-bond donors (Lipinski definition) is 2. The summed E-state index contributed by atoms with van der Waals surface area (Å²) in [6.45, 7) is 1.90. The van der Waals surface area contributed by atoms with E-state index in [1.165, 1.54) is 24.3 Å². The van der Waals surface area contributed by atoms with Crippen LogP contribution >= 0.6 is 0 Å². The highest BCUT2D eigenvalue weighted by Gasteiger charge is 2.31. The first kappa shape index (κ1) is 27.1. The summed E-state index contributed by atoms with van der Waals surface area (Å²) >= 11 is 0. The number of rotatable bonds is 6. The second kappa shape index (κ2) is 10.2. The van der Waals surface area contributed by atoms with Crippen molar-refractivity contribution in [3.8, 4) is 11.3 Å². The van der Waals surface area contributed by atoms with Gasteiger partial charge in [0.2, 0.25) is 0 Å². The number of carbonyl (C=O) groups is 1. The number of aryl methyl sites for hydroxylation is 1. The molecule has 0 aliphatic rings. The van der Waals surface area contributed by atoms with Gasteiger partial charge in [-0.25, -0.2) is 18.4 Å². The molecule has 0 atom stereocenters. The molecule has 2 N–H and O–H groups in total. The molecule has 5 rings (SSSR count). The number of nitrogens with zero attached hydrogens (tertiary/aromatic N) is 2. The lowest BCUT2D eigenvalue weighted by molar-refractivity contribution is -0.137. The van der Waals surface area contributed by atoms with E-state index >= 15 is 0 Å². The van der Waals surface area contributed by atoms with E-state index in [2.05, 4.69) is 15.3 Å². The van der Waals surface area contributed by atoms with Gasteiger partial charge >= 0.3 is 6.18 Å². The van der Waals surface area contributed by atoms with Gasteiger partial charge in [-0.1, -0.05) is 24.3 Å². The van der Waals surface area contributed by atoms with E-state index < -0.39 is 27.5 Å². The molecule has 0 saturated heterocycles. The highest BCUT2D eigenvalue weighted by atomic mass is 32.2. The Morgan fingerprint density at radius 2 is 1.73 bits per heavy atom. The zero-order valence-electron chi connectivity index (χ0n) is 21.4. The Bertz CT molecular complexity index is 1850. The lowest BCUT2D eigenvalue weighted by atomic mass is 10.0. The fraction of sp³-hybridized carbons (Fsp3) is 0.138. The van der Waals surface area contributed by atoms with Gasteiger partial charge in [-0.3, -0.25) is 4.79 Å². The second-order valence-electron chi connectivity index (χ2n) is 9.37. The first-order valence-corrected chi connectivity index (χ1v) is 14.0. The second-order valence-corrected chi connectivity index (χ2v) is 11.4. The number of fused-ring (bicyclic) bond motifs is 1. The number of amides is 1. The van der Waals surface area contributed by atoms with Crippen molar-refractivity contribution >= 4 is 32.5 Å². The summed E-state index contributed by atoms with van der Waals surface area (Å²) in [6.07, 6.45) is -1.35. The smallest absolute Gasteiger partial charge is 0.358 e. The third kappa shape index (κ3) is 5.74. The molecule has 2 aromatic heterocycles. The van der Waals surface area contributed by atoms with Gasteiger partial charge in [0.1, 0.15) is 5.82 Å². The maximum absolute atomic E-state index is 13.1. The van der Waals surface area contributed by atoms with Crippen molar-refractivity contribution in [2.45, 2.75) is 24.4 Å². The molecule has 11 heteroatoms. The van der Waals surface area contributed by atoms with Gasteiger partial charge in [-0.05, 0) is 66.6 Å². The number of sulfone groups is 1. The third-order valence-electron chi connectivity index (χ3n) is 6.42. The molecule has 7 nitrogen and oxygen atoms in total. The number of aromatic amines is 1. The monoisotopic (exact) mass is 564 g/mol. The number of nitrogens with one attached hydrogen (secondary N) is 2. The van der Waals surface area contributed by atoms with Crippen LogP contribution in [0, 0.1) is 6.92 Å². The average molecular weight is 565 g/mol. The maximum Gasteiger partial charge on any atom is 0.416 e. The topological polar surface area (TPSA) is 105 Å².